The molecule has 26 nitrogen and oxygen atoms in total. The summed E-state index contributed by atoms with van der Waals surface area (Å²) in [4.78, 5) is 53.1. The SMILES string of the molecule is CO/N=C/c1c(N)ncnc1Nc1ccc(OCc2cccc(F)c2)c(Cl)c1.CO/N=C/c1c(N)ncnc1Nc1ccc2nn(Cc3cccc(F)c3)cc2c1.Nc1ncnc(Nc2ccc3c(cnn3Cc3cccc(F)c3)c2)c1/C=N/OCC(=O)N1CCOCC1. The molecule has 9 N–H and O–H groups in total. The molecule has 0 unspecified atom stereocenters. The number of hydrogen-bond donors (Lipinski definition) is 6. The first-order chi connectivity index (χ1) is 45.7. The largest absolute Gasteiger partial charge is 0.487 e. The highest BCUT2D eigenvalue weighted by molar-refractivity contribution is 6.32. The molecule has 0 radical (unpaired) electrons. The van der Waals surface area contributed by atoms with Crippen LogP contribution in [0.1, 0.15) is 33.4 Å². The second-order valence-electron chi connectivity index (χ2n) is 20.3. The summed E-state index contributed by atoms with van der Waals surface area (Å²) in [5.74, 6) is 1.56. The summed E-state index contributed by atoms with van der Waals surface area (Å²) in [5, 5.41) is 32.1. The lowest BCUT2D eigenvalue weighted by molar-refractivity contribution is -0.140. The van der Waals surface area contributed by atoms with Crippen molar-refractivity contribution < 1.29 is 42.0 Å². The van der Waals surface area contributed by atoms with Crippen molar-refractivity contribution in [2.45, 2.75) is 19.7 Å². The summed E-state index contributed by atoms with van der Waals surface area (Å²) in [5.41, 5.74) is 25.5. The van der Waals surface area contributed by atoms with Gasteiger partial charge >= 0.3 is 0 Å². The van der Waals surface area contributed by atoms with E-state index in [9.17, 15) is 18.0 Å². The van der Waals surface area contributed by atoms with Crippen molar-refractivity contribution in [3.05, 3.63) is 215 Å². The summed E-state index contributed by atoms with van der Waals surface area (Å²) in [6.45, 7) is 3.04. The minimum atomic E-state index is -0.316. The Balaban J connectivity index is 0.000000156. The molecule has 94 heavy (non-hydrogen) atoms. The van der Waals surface area contributed by atoms with E-state index in [-0.39, 0.29) is 54.0 Å². The van der Waals surface area contributed by atoms with Crippen LogP contribution < -0.4 is 37.9 Å². The number of benzene rings is 6. The fraction of sp³-hybridized carbons (Fsp3) is 0.156. The molecule has 0 atom stereocenters. The quantitative estimate of drug-likeness (QED) is 0.0288. The summed E-state index contributed by atoms with van der Waals surface area (Å²) in [6, 6.07) is 35.7. The number of nitrogens with zero attached hydrogens (tertiary/aromatic N) is 14. The molecule has 12 rings (SSSR count). The standard InChI is InChI=1S/C25H25FN8O3.C20H18FN7O.C19H17ClFN5O2/c26-19-3-1-2-17(10-19)14-34-22-5-4-20(11-18(22)12-30-34)32-25-21(24(27)28-16-29-25)13-31-37-15-23(35)33-6-8-36-9-7-33;1-29-25-9-17-19(22)23-12-24-20(17)26-16-5-6-18-14(8-16)11-28(27-18)10-13-3-2-4-15(21)7-13;1-27-25-9-15-18(22)23-11-24-19(15)26-14-5-6-17(16(20)8-14)28-10-12-3-2-4-13(21)7-12/h1-5,10-13,16H,6-9,14-15H2,(H3,27,28,29,32);2-9,11-12H,10H2,1H3,(H3,22,23,24,26);2-9,11H,10H2,1H3,(H3,22,23,24,26)/b31-13+;2*25-9+. The molecule has 0 aliphatic carbocycles. The molecule has 1 aliphatic rings. The van der Waals surface area contributed by atoms with E-state index in [1.54, 1.807) is 58.2 Å². The number of oxime groups is 3. The number of morpholine rings is 1. The lowest BCUT2D eigenvalue weighted by atomic mass is 10.2. The first kappa shape index (κ1) is 65.0. The Labute approximate surface area is 539 Å². The molecular weight excluding hydrogens is 1240 g/mol. The number of nitrogen functional groups attached to an aromatic ring is 3. The lowest BCUT2D eigenvalue weighted by Gasteiger charge is -2.26. The first-order valence-corrected chi connectivity index (χ1v) is 29.0. The molecule has 6 aromatic carbocycles. The molecule has 11 aromatic rings. The van der Waals surface area contributed by atoms with E-state index < -0.39 is 0 Å². The average molecular weight is 1300 g/mol. The van der Waals surface area contributed by atoms with E-state index in [2.05, 4.69) is 76.4 Å². The van der Waals surface area contributed by atoms with E-state index in [0.717, 1.165) is 44.3 Å². The van der Waals surface area contributed by atoms with Gasteiger partial charge in [-0.25, -0.2) is 43.1 Å². The highest BCUT2D eigenvalue weighted by atomic mass is 35.5. The number of nitrogens with two attached hydrogens (primary N) is 3. The third kappa shape index (κ3) is 17.7. The third-order valence-electron chi connectivity index (χ3n) is 13.8. The van der Waals surface area contributed by atoms with E-state index in [1.807, 2.05) is 59.4 Å². The zero-order valence-corrected chi connectivity index (χ0v) is 51.1. The van der Waals surface area contributed by atoms with Gasteiger partial charge in [-0.05, 0) is 108 Å². The van der Waals surface area contributed by atoms with Gasteiger partial charge in [0.05, 0.1) is 83.9 Å². The summed E-state index contributed by atoms with van der Waals surface area (Å²) < 4.78 is 54.7. The van der Waals surface area contributed by atoms with Crippen molar-refractivity contribution >= 4 is 110 Å². The Hall–Kier alpha value is -12.0. The van der Waals surface area contributed by atoms with E-state index in [1.165, 1.54) is 88.2 Å². The molecular formula is C64H60ClF3N20O6. The number of amides is 1. The molecule has 0 saturated carbocycles. The number of nitrogens with one attached hydrogen (secondary N) is 3. The summed E-state index contributed by atoms with van der Waals surface area (Å²) >= 11 is 6.30. The van der Waals surface area contributed by atoms with Crippen LogP contribution in [0.15, 0.2) is 174 Å². The molecule has 0 spiro atoms. The van der Waals surface area contributed by atoms with Gasteiger partial charge in [-0.15, -0.1) is 0 Å². The molecule has 480 valence electrons. The number of aromatic nitrogens is 10. The number of anilines is 9. The maximum Gasteiger partial charge on any atom is 0.263 e. The minimum absolute atomic E-state index is 0.165. The third-order valence-corrected chi connectivity index (χ3v) is 14.1. The molecule has 5 aromatic heterocycles. The second-order valence-corrected chi connectivity index (χ2v) is 20.7. The maximum atomic E-state index is 13.5. The van der Waals surface area contributed by atoms with Crippen molar-refractivity contribution in [2.75, 3.05) is 80.3 Å². The summed E-state index contributed by atoms with van der Waals surface area (Å²) in [7, 11) is 2.87. The van der Waals surface area contributed by atoms with Gasteiger partial charge in [-0.1, -0.05) is 63.5 Å². The molecule has 1 amide bonds. The van der Waals surface area contributed by atoms with Crippen molar-refractivity contribution in [1.29, 1.82) is 0 Å². The van der Waals surface area contributed by atoms with Gasteiger partial charge in [-0.2, -0.15) is 10.2 Å². The van der Waals surface area contributed by atoms with E-state index in [0.29, 0.717) is 95.6 Å². The normalized spacial score (nSPS) is 12.1. The van der Waals surface area contributed by atoms with E-state index >= 15 is 0 Å². The van der Waals surface area contributed by atoms with Crippen molar-refractivity contribution in [3.8, 4) is 5.75 Å². The number of ether oxygens (including phenoxy) is 2. The second kappa shape index (κ2) is 31.7. The van der Waals surface area contributed by atoms with Crippen LogP contribution in [0.25, 0.3) is 21.8 Å². The minimum Gasteiger partial charge on any atom is -0.487 e. The number of fused-ring (bicyclic) bond motifs is 2. The first-order valence-electron chi connectivity index (χ1n) is 28.6. The Morgan fingerprint density at radius 1 is 0.617 bits per heavy atom. The van der Waals surface area contributed by atoms with Gasteiger partial charge in [0.1, 0.15) is 97.9 Å². The number of carbonyl (C=O) groups excluding carboxylic acids is 1. The van der Waals surface area contributed by atoms with Gasteiger partial charge in [0.15, 0.2) is 6.61 Å². The fourth-order valence-corrected chi connectivity index (χ4v) is 9.49. The average Bonchev–Trinajstić information content (AvgIpc) is 1.62. The molecule has 30 heteroatoms. The number of hydrogen-bond acceptors (Lipinski definition) is 23. The Kier molecular flexibility index (Phi) is 21.9. The highest BCUT2D eigenvalue weighted by Crippen LogP contribution is 2.32. The predicted molar refractivity (Wildman–Crippen MR) is 352 cm³/mol. The van der Waals surface area contributed by atoms with Crippen LogP contribution in [0.2, 0.25) is 5.02 Å². The van der Waals surface area contributed by atoms with Gasteiger partial charge in [0.25, 0.3) is 5.91 Å². The van der Waals surface area contributed by atoms with Crippen LogP contribution in [0.3, 0.4) is 0 Å². The van der Waals surface area contributed by atoms with Gasteiger partial charge in [0, 0.05) is 47.1 Å². The van der Waals surface area contributed by atoms with Crippen molar-refractivity contribution in [3.63, 3.8) is 0 Å². The van der Waals surface area contributed by atoms with E-state index in [4.69, 9.17) is 48.0 Å². The predicted octanol–water partition coefficient (Wildman–Crippen LogP) is 10.0. The molecule has 6 heterocycles. The van der Waals surface area contributed by atoms with Crippen LogP contribution in [-0.2, 0) is 43.7 Å². The van der Waals surface area contributed by atoms with Crippen LogP contribution in [0, 0.1) is 17.5 Å². The Morgan fingerprint density at radius 2 is 1.13 bits per heavy atom. The topological polar surface area (TPSA) is 331 Å². The molecule has 1 saturated heterocycles. The van der Waals surface area contributed by atoms with Gasteiger partial charge < -0.3 is 62.0 Å². The number of rotatable bonds is 21. The van der Waals surface area contributed by atoms with Crippen molar-refractivity contribution in [1.82, 2.24) is 54.4 Å². The molecule has 0 bridgehead atoms. The van der Waals surface area contributed by atoms with Crippen molar-refractivity contribution in [2.24, 2.45) is 15.5 Å². The molecule has 1 aliphatic heterocycles. The Morgan fingerprint density at radius 3 is 1.69 bits per heavy atom. The maximum absolute atomic E-state index is 13.5. The fourth-order valence-electron chi connectivity index (χ4n) is 9.26. The van der Waals surface area contributed by atoms with Gasteiger partial charge in [0.2, 0.25) is 0 Å². The monoisotopic (exact) mass is 1300 g/mol. The molecule has 1 fully saturated rings. The van der Waals surface area contributed by atoms with Gasteiger partial charge in [-0.3, -0.25) is 14.2 Å². The highest BCUT2D eigenvalue weighted by Gasteiger charge is 2.18. The number of carbonyl (C=O) groups is 1. The van der Waals surface area contributed by atoms with Crippen LogP contribution in [-0.4, -0.2) is 126 Å². The smallest absolute Gasteiger partial charge is 0.263 e. The lowest BCUT2D eigenvalue weighted by Crippen LogP contribution is -2.42. The summed E-state index contributed by atoms with van der Waals surface area (Å²) in [6.07, 6.45) is 11.9. The van der Waals surface area contributed by atoms with Crippen LogP contribution in [0.5, 0.6) is 5.75 Å². The van der Waals surface area contributed by atoms with Crippen LogP contribution >= 0.6 is 11.6 Å². The Bertz CT molecular complexity index is 4510. The number of halogens is 4. The van der Waals surface area contributed by atoms with Crippen LogP contribution in [0.4, 0.5) is 65.1 Å². The zero-order chi connectivity index (χ0) is 65.8. The zero-order valence-electron chi connectivity index (χ0n) is 50.4.